The van der Waals surface area contributed by atoms with Crippen LogP contribution in [-0.2, 0) is 0 Å². The summed E-state index contributed by atoms with van der Waals surface area (Å²) in [7, 11) is 0. The van der Waals surface area contributed by atoms with Gasteiger partial charge in [0.15, 0.2) is 11.5 Å². The summed E-state index contributed by atoms with van der Waals surface area (Å²) in [5.74, 6) is 2.48. The summed E-state index contributed by atoms with van der Waals surface area (Å²) >= 11 is 0. The fraction of sp³-hybridized carbons (Fsp3) is 0.562. The number of carbonyl (C=O) groups excluding carboxylic acids is 1. The van der Waals surface area contributed by atoms with Gasteiger partial charge in [0.2, 0.25) is 6.79 Å². The van der Waals surface area contributed by atoms with Crippen molar-refractivity contribution in [2.75, 3.05) is 26.4 Å². The topological polar surface area (TPSA) is 50.8 Å². The van der Waals surface area contributed by atoms with Gasteiger partial charge < -0.3 is 19.7 Å². The molecule has 2 aliphatic rings. The van der Waals surface area contributed by atoms with E-state index in [0.717, 1.165) is 37.6 Å². The fourth-order valence-electron chi connectivity index (χ4n) is 2.79. The molecule has 5 heteroatoms. The number of fused-ring (bicyclic) bond motifs is 1. The van der Waals surface area contributed by atoms with Gasteiger partial charge in [-0.15, -0.1) is 0 Å². The van der Waals surface area contributed by atoms with Crippen LogP contribution in [0, 0.1) is 5.92 Å². The first kappa shape index (κ1) is 14.0. The molecule has 0 aliphatic carbocycles. The van der Waals surface area contributed by atoms with Crippen molar-refractivity contribution in [3.8, 4) is 11.5 Å². The molecule has 0 radical (unpaired) electrons. The number of carbonyl (C=O) groups is 1. The molecule has 1 aromatic carbocycles. The van der Waals surface area contributed by atoms with Gasteiger partial charge in [0.25, 0.3) is 0 Å². The molecule has 114 valence electrons. The zero-order valence-electron chi connectivity index (χ0n) is 12.6. The number of hydrogen-bond donors (Lipinski definition) is 1. The Balaban J connectivity index is 1.60. The van der Waals surface area contributed by atoms with Gasteiger partial charge in [-0.25, -0.2) is 4.79 Å². The Kier molecular flexibility index (Phi) is 3.90. The van der Waals surface area contributed by atoms with E-state index in [0.29, 0.717) is 18.6 Å². The summed E-state index contributed by atoms with van der Waals surface area (Å²) in [5.41, 5.74) is 1.22. The van der Waals surface area contributed by atoms with E-state index < -0.39 is 0 Å². The van der Waals surface area contributed by atoms with E-state index in [9.17, 15) is 4.79 Å². The summed E-state index contributed by atoms with van der Waals surface area (Å²) in [6, 6.07) is 6.13. The van der Waals surface area contributed by atoms with Gasteiger partial charge >= 0.3 is 6.03 Å². The van der Waals surface area contributed by atoms with E-state index in [1.54, 1.807) is 0 Å². The van der Waals surface area contributed by atoms with E-state index in [-0.39, 0.29) is 6.03 Å². The summed E-state index contributed by atoms with van der Waals surface area (Å²) in [6.45, 7) is 6.79. The normalized spacial score (nSPS) is 20.1. The van der Waals surface area contributed by atoms with Crippen LogP contribution in [0.4, 0.5) is 4.79 Å². The number of nitrogens with one attached hydrogen (secondary N) is 1. The van der Waals surface area contributed by atoms with Crippen molar-refractivity contribution in [1.82, 2.24) is 10.2 Å². The summed E-state index contributed by atoms with van der Waals surface area (Å²) in [6.07, 6.45) is 0.995. The number of ether oxygens (including phenoxy) is 2. The zero-order chi connectivity index (χ0) is 14.8. The molecule has 0 spiro atoms. The van der Waals surface area contributed by atoms with Crippen LogP contribution in [0.2, 0.25) is 0 Å². The number of urea groups is 1. The summed E-state index contributed by atoms with van der Waals surface area (Å²) in [4.78, 5) is 14.0. The Labute approximate surface area is 125 Å². The molecule has 2 aliphatic heterocycles. The Morgan fingerprint density at radius 2 is 2.19 bits per heavy atom. The molecule has 0 bridgehead atoms. The maximum absolute atomic E-state index is 12.1. The second-order valence-corrected chi connectivity index (χ2v) is 6.12. The highest BCUT2D eigenvalue weighted by Crippen LogP contribution is 2.37. The molecule has 5 nitrogen and oxygen atoms in total. The highest BCUT2D eigenvalue weighted by molar-refractivity contribution is 5.74. The van der Waals surface area contributed by atoms with Gasteiger partial charge in [0.05, 0.1) is 0 Å². The molecule has 1 aromatic rings. The van der Waals surface area contributed by atoms with Crippen molar-refractivity contribution in [1.29, 1.82) is 0 Å². The van der Waals surface area contributed by atoms with Crippen LogP contribution >= 0.6 is 0 Å². The second-order valence-electron chi connectivity index (χ2n) is 6.12. The second kappa shape index (κ2) is 5.84. The first-order valence-electron chi connectivity index (χ1n) is 7.56. The average Bonchev–Trinajstić information content (AvgIpc) is 3.12. The van der Waals surface area contributed by atoms with Gasteiger partial charge in [0, 0.05) is 25.6 Å². The largest absolute Gasteiger partial charge is 0.454 e. The smallest absolute Gasteiger partial charge is 0.317 e. The number of rotatable bonds is 3. The molecule has 2 heterocycles. The van der Waals surface area contributed by atoms with Crippen molar-refractivity contribution in [2.45, 2.75) is 26.2 Å². The van der Waals surface area contributed by atoms with Crippen molar-refractivity contribution in [3.05, 3.63) is 23.8 Å². The molecule has 1 fully saturated rings. The molecular weight excluding hydrogens is 268 g/mol. The first-order chi connectivity index (χ1) is 10.1. The number of likely N-dealkylation sites (tertiary alicyclic amines) is 1. The lowest BCUT2D eigenvalue weighted by Gasteiger charge is -2.18. The van der Waals surface area contributed by atoms with E-state index in [4.69, 9.17) is 9.47 Å². The van der Waals surface area contributed by atoms with Crippen LogP contribution < -0.4 is 14.8 Å². The number of benzene rings is 1. The van der Waals surface area contributed by atoms with Crippen molar-refractivity contribution >= 4 is 6.03 Å². The van der Waals surface area contributed by atoms with Crippen molar-refractivity contribution in [2.24, 2.45) is 5.92 Å². The average molecular weight is 290 g/mol. The predicted molar refractivity (Wildman–Crippen MR) is 79.7 cm³/mol. The maximum atomic E-state index is 12.1. The van der Waals surface area contributed by atoms with E-state index in [1.807, 2.05) is 17.0 Å². The SMILES string of the molecule is CC(C)CNC(=O)N1CCC(c2ccc3c(c2)OCO3)C1. The number of amides is 2. The lowest BCUT2D eigenvalue weighted by atomic mass is 9.98. The molecule has 21 heavy (non-hydrogen) atoms. The standard InChI is InChI=1S/C16H22N2O3/c1-11(2)8-17-16(19)18-6-5-13(9-18)12-3-4-14-15(7-12)21-10-20-14/h3-4,7,11,13H,5-6,8-10H2,1-2H3,(H,17,19). The van der Waals surface area contributed by atoms with E-state index in [2.05, 4.69) is 25.2 Å². The third-order valence-corrected chi connectivity index (χ3v) is 4.01. The van der Waals surface area contributed by atoms with Gasteiger partial charge in [-0.1, -0.05) is 19.9 Å². The van der Waals surface area contributed by atoms with Gasteiger partial charge in [-0.05, 0) is 30.0 Å². The molecule has 0 saturated carbocycles. The molecule has 1 saturated heterocycles. The number of nitrogens with zero attached hydrogens (tertiary/aromatic N) is 1. The van der Waals surface area contributed by atoms with Gasteiger partial charge in [0.1, 0.15) is 0 Å². The monoisotopic (exact) mass is 290 g/mol. The quantitative estimate of drug-likeness (QED) is 0.931. The minimum atomic E-state index is 0.0481. The minimum absolute atomic E-state index is 0.0481. The van der Waals surface area contributed by atoms with Crippen LogP contribution in [0.5, 0.6) is 11.5 Å². The highest BCUT2D eigenvalue weighted by atomic mass is 16.7. The van der Waals surface area contributed by atoms with Gasteiger partial charge in [-0.3, -0.25) is 0 Å². The fourth-order valence-corrected chi connectivity index (χ4v) is 2.79. The molecule has 2 amide bonds. The predicted octanol–water partition coefficient (Wildman–Crippen LogP) is 2.57. The van der Waals surface area contributed by atoms with Crippen LogP contribution in [0.15, 0.2) is 18.2 Å². The Hall–Kier alpha value is -1.91. The Morgan fingerprint density at radius 1 is 1.38 bits per heavy atom. The number of hydrogen-bond acceptors (Lipinski definition) is 3. The lowest BCUT2D eigenvalue weighted by Crippen LogP contribution is -2.39. The van der Waals surface area contributed by atoms with Crippen LogP contribution in [0.3, 0.4) is 0 Å². The summed E-state index contributed by atoms with van der Waals surface area (Å²) in [5, 5.41) is 2.98. The highest BCUT2D eigenvalue weighted by Gasteiger charge is 2.28. The summed E-state index contributed by atoms with van der Waals surface area (Å²) < 4.78 is 10.8. The van der Waals surface area contributed by atoms with Crippen molar-refractivity contribution in [3.63, 3.8) is 0 Å². The Morgan fingerprint density at radius 3 is 3.00 bits per heavy atom. The third-order valence-electron chi connectivity index (χ3n) is 4.01. The van der Waals surface area contributed by atoms with Crippen LogP contribution in [0.1, 0.15) is 31.7 Å². The Bertz CT molecular complexity index is 530. The molecule has 1 atom stereocenters. The van der Waals surface area contributed by atoms with Gasteiger partial charge in [-0.2, -0.15) is 0 Å². The van der Waals surface area contributed by atoms with E-state index >= 15 is 0 Å². The van der Waals surface area contributed by atoms with E-state index in [1.165, 1.54) is 5.56 Å². The van der Waals surface area contributed by atoms with Crippen molar-refractivity contribution < 1.29 is 14.3 Å². The van der Waals surface area contributed by atoms with Crippen LogP contribution in [0.25, 0.3) is 0 Å². The maximum Gasteiger partial charge on any atom is 0.317 e. The zero-order valence-corrected chi connectivity index (χ0v) is 12.6. The molecular formula is C16H22N2O3. The minimum Gasteiger partial charge on any atom is -0.454 e. The molecule has 3 rings (SSSR count). The van der Waals surface area contributed by atoms with Crippen LogP contribution in [-0.4, -0.2) is 37.4 Å². The molecule has 1 N–H and O–H groups in total. The molecule has 0 aromatic heterocycles. The lowest BCUT2D eigenvalue weighted by molar-refractivity contribution is 0.174. The first-order valence-corrected chi connectivity index (χ1v) is 7.56. The third kappa shape index (κ3) is 3.06. The molecule has 1 unspecified atom stereocenters.